The summed E-state index contributed by atoms with van der Waals surface area (Å²) in [6.07, 6.45) is 7.50. The molecule has 3 heteroatoms. The van der Waals surface area contributed by atoms with Crippen molar-refractivity contribution in [3.63, 3.8) is 0 Å². The van der Waals surface area contributed by atoms with Crippen molar-refractivity contribution in [3.05, 3.63) is 23.3 Å². The summed E-state index contributed by atoms with van der Waals surface area (Å²) in [5, 5.41) is 11.0. The first-order valence-electron chi connectivity index (χ1n) is 13.3. The van der Waals surface area contributed by atoms with Crippen LogP contribution in [0.2, 0.25) is 0 Å². The molecular weight excluding hydrogens is 408 g/mol. The molecule has 0 amide bonds. The number of fused-ring (bicyclic) bond motifs is 2. The predicted molar refractivity (Wildman–Crippen MR) is 134 cm³/mol. The van der Waals surface area contributed by atoms with Gasteiger partial charge in [0.05, 0.1) is 6.10 Å². The fraction of sp³-hybridized carbons (Fsp3) is 0.800. The zero-order valence-corrected chi connectivity index (χ0v) is 22.1. The third-order valence-electron chi connectivity index (χ3n) is 11.4. The molecule has 4 aliphatic carbocycles. The normalized spacial score (nSPS) is 42.7. The molecule has 4 aliphatic rings. The van der Waals surface area contributed by atoms with Gasteiger partial charge in [-0.3, -0.25) is 9.59 Å². The van der Waals surface area contributed by atoms with Crippen LogP contribution in [0.15, 0.2) is 23.3 Å². The van der Waals surface area contributed by atoms with Gasteiger partial charge < -0.3 is 5.11 Å². The van der Waals surface area contributed by atoms with E-state index < -0.39 is 6.10 Å². The molecule has 3 nitrogen and oxygen atoms in total. The van der Waals surface area contributed by atoms with Crippen molar-refractivity contribution < 1.29 is 14.7 Å². The van der Waals surface area contributed by atoms with Crippen LogP contribution < -0.4 is 0 Å². The van der Waals surface area contributed by atoms with E-state index in [0.29, 0.717) is 42.7 Å². The molecule has 33 heavy (non-hydrogen) atoms. The molecule has 184 valence electrons. The Morgan fingerprint density at radius 1 is 0.909 bits per heavy atom. The summed E-state index contributed by atoms with van der Waals surface area (Å²) in [4.78, 5) is 25.6. The van der Waals surface area contributed by atoms with Crippen LogP contribution in [0.1, 0.15) is 106 Å². The van der Waals surface area contributed by atoms with Crippen LogP contribution >= 0.6 is 0 Å². The van der Waals surface area contributed by atoms with Crippen molar-refractivity contribution in [2.45, 2.75) is 112 Å². The molecule has 0 saturated heterocycles. The third-order valence-corrected chi connectivity index (χ3v) is 11.4. The number of aliphatic hydroxyl groups is 1. The minimum atomic E-state index is -0.452. The number of carbonyl (C=O) groups is 2. The minimum absolute atomic E-state index is 0.0289. The van der Waals surface area contributed by atoms with E-state index in [-0.39, 0.29) is 27.6 Å². The number of carbonyl (C=O) groups excluding carboxylic acids is 2. The standard InChI is InChI=1S/C30H46O3/c1-18-9-12-23-27(3,4)25(32)13-15-29(23,7)20(18)10-11-21-19(2)22(31)17-24-28(5,6)26(33)14-16-30(21,24)8/h20,22-24,31H,1,9-17H2,2-8H3/t20-,22+,23-,24-,29+,30+/m0/s1. The second-order valence-corrected chi connectivity index (χ2v) is 13.5. The van der Waals surface area contributed by atoms with Gasteiger partial charge in [0.1, 0.15) is 11.6 Å². The molecule has 1 N–H and O–H groups in total. The van der Waals surface area contributed by atoms with E-state index >= 15 is 0 Å². The second kappa shape index (κ2) is 7.90. The van der Waals surface area contributed by atoms with E-state index in [4.69, 9.17) is 0 Å². The van der Waals surface area contributed by atoms with Crippen LogP contribution in [0.25, 0.3) is 0 Å². The molecule has 3 fully saturated rings. The van der Waals surface area contributed by atoms with Gasteiger partial charge in [0.15, 0.2) is 0 Å². The zero-order chi connectivity index (χ0) is 24.6. The maximum absolute atomic E-state index is 12.8. The molecule has 4 rings (SSSR count). The molecule has 0 aromatic carbocycles. The number of allylic oxidation sites excluding steroid dienone is 2. The fourth-order valence-electron chi connectivity index (χ4n) is 9.11. The van der Waals surface area contributed by atoms with Gasteiger partial charge in [-0.1, -0.05) is 59.3 Å². The van der Waals surface area contributed by atoms with Crippen molar-refractivity contribution in [3.8, 4) is 0 Å². The Labute approximate surface area is 201 Å². The molecule has 0 radical (unpaired) electrons. The van der Waals surface area contributed by atoms with Crippen molar-refractivity contribution in [2.75, 3.05) is 0 Å². The Morgan fingerprint density at radius 3 is 2.12 bits per heavy atom. The summed E-state index contributed by atoms with van der Waals surface area (Å²) < 4.78 is 0. The quantitative estimate of drug-likeness (QED) is 0.475. The number of aliphatic hydroxyl groups excluding tert-OH is 1. The van der Waals surface area contributed by atoms with Gasteiger partial charge in [0.25, 0.3) is 0 Å². The van der Waals surface area contributed by atoms with E-state index in [9.17, 15) is 14.7 Å². The van der Waals surface area contributed by atoms with E-state index in [1.54, 1.807) is 0 Å². The summed E-state index contributed by atoms with van der Waals surface area (Å²) in [6, 6.07) is 0. The van der Waals surface area contributed by atoms with Crippen molar-refractivity contribution >= 4 is 11.6 Å². The Bertz CT molecular complexity index is 906. The van der Waals surface area contributed by atoms with Crippen LogP contribution in [0.4, 0.5) is 0 Å². The Morgan fingerprint density at radius 2 is 1.48 bits per heavy atom. The summed E-state index contributed by atoms with van der Waals surface area (Å²) in [7, 11) is 0. The van der Waals surface area contributed by atoms with Crippen molar-refractivity contribution in [2.24, 2.45) is 39.4 Å². The average Bonchev–Trinajstić information content (AvgIpc) is 2.72. The van der Waals surface area contributed by atoms with E-state index in [2.05, 4.69) is 55.0 Å². The molecule has 0 aromatic rings. The summed E-state index contributed by atoms with van der Waals surface area (Å²) in [5.41, 5.74) is 3.33. The molecule has 0 spiro atoms. The molecule has 0 heterocycles. The molecule has 0 aliphatic heterocycles. The van der Waals surface area contributed by atoms with Crippen LogP contribution in [-0.2, 0) is 9.59 Å². The Balaban J connectivity index is 1.65. The SMILES string of the molecule is C=C1CC[C@H]2C(C)(C)C(=O)CC[C@]2(C)[C@H]1CCC1=C(C)[C@H](O)C[C@H]2C(C)(C)C(=O)CC[C@]12C. The number of hydrogen-bond acceptors (Lipinski definition) is 3. The first-order chi connectivity index (χ1) is 15.2. The fourth-order valence-corrected chi connectivity index (χ4v) is 9.11. The van der Waals surface area contributed by atoms with Gasteiger partial charge in [0.2, 0.25) is 0 Å². The van der Waals surface area contributed by atoms with Crippen LogP contribution in [-0.4, -0.2) is 22.8 Å². The lowest BCUT2D eigenvalue weighted by molar-refractivity contribution is -0.145. The maximum Gasteiger partial charge on any atom is 0.138 e. The number of hydrogen-bond donors (Lipinski definition) is 1. The first-order valence-corrected chi connectivity index (χ1v) is 13.3. The summed E-state index contributed by atoms with van der Waals surface area (Å²) in [6.45, 7) is 20.0. The highest BCUT2D eigenvalue weighted by atomic mass is 16.3. The highest BCUT2D eigenvalue weighted by molar-refractivity contribution is 5.86. The van der Waals surface area contributed by atoms with Gasteiger partial charge in [-0.25, -0.2) is 0 Å². The number of rotatable bonds is 3. The van der Waals surface area contributed by atoms with E-state index in [1.807, 2.05) is 0 Å². The van der Waals surface area contributed by atoms with Crippen LogP contribution in [0, 0.1) is 39.4 Å². The Kier molecular flexibility index (Phi) is 5.96. The molecular formula is C30H46O3. The monoisotopic (exact) mass is 454 g/mol. The van der Waals surface area contributed by atoms with Crippen molar-refractivity contribution in [1.82, 2.24) is 0 Å². The van der Waals surface area contributed by atoms with Crippen LogP contribution in [0.5, 0.6) is 0 Å². The first kappa shape index (κ1) is 24.9. The summed E-state index contributed by atoms with van der Waals surface area (Å²) in [5.74, 6) is 1.77. The molecule has 6 atom stereocenters. The van der Waals surface area contributed by atoms with Gasteiger partial charge in [0, 0.05) is 23.7 Å². The number of Topliss-reactive ketones (excluding diaryl/α,β-unsaturated/α-hetero) is 2. The summed E-state index contributed by atoms with van der Waals surface area (Å²) >= 11 is 0. The lowest BCUT2D eigenvalue weighted by Gasteiger charge is -2.58. The zero-order valence-electron chi connectivity index (χ0n) is 22.1. The third kappa shape index (κ3) is 3.55. The topological polar surface area (TPSA) is 54.4 Å². The molecule has 0 bridgehead atoms. The van der Waals surface area contributed by atoms with Crippen LogP contribution in [0.3, 0.4) is 0 Å². The largest absolute Gasteiger partial charge is 0.389 e. The van der Waals surface area contributed by atoms with Gasteiger partial charge >= 0.3 is 0 Å². The molecule has 0 unspecified atom stereocenters. The smallest absolute Gasteiger partial charge is 0.138 e. The van der Waals surface area contributed by atoms with E-state index in [1.165, 1.54) is 11.1 Å². The maximum atomic E-state index is 12.8. The minimum Gasteiger partial charge on any atom is -0.389 e. The van der Waals surface area contributed by atoms with E-state index in [0.717, 1.165) is 44.1 Å². The predicted octanol–water partition coefficient (Wildman–Crippen LogP) is 6.84. The molecule has 0 aromatic heterocycles. The van der Waals surface area contributed by atoms with Crippen molar-refractivity contribution in [1.29, 1.82) is 0 Å². The molecule has 3 saturated carbocycles. The van der Waals surface area contributed by atoms with Gasteiger partial charge in [-0.05, 0) is 86.0 Å². The Hall–Kier alpha value is -1.22. The lowest BCUT2D eigenvalue weighted by atomic mass is 9.46. The number of ketones is 2. The lowest BCUT2D eigenvalue weighted by Crippen LogP contribution is -2.54. The van der Waals surface area contributed by atoms with Gasteiger partial charge in [-0.15, -0.1) is 0 Å². The highest BCUT2D eigenvalue weighted by Crippen LogP contribution is 2.63. The second-order valence-electron chi connectivity index (χ2n) is 13.5. The average molecular weight is 455 g/mol. The highest BCUT2D eigenvalue weighted by Gasteiger charge is 2.57. The van der Waals surface area contributed by atoms with Gasteiger partial charge in [-0.2, -0.15) is 0 Å².